The first kappa shape index (κ1) is 21.3. The molecule has 2 fully saturated rings. The monoisotopic (exact) mass is 505 g/mol. The summed E-state index contributed by atoms with van der Waals surface area (Å²) in [7, 11) is 1.67. The van der Waals surface area contributed by atoms with E-state index in [1.807, 2.05) is 12.1 Å². The zero-order chi connectivity index (χ0) is 19.7. The molecule has 2 aliphatic carbocycles. The molecule has 1 saturated heterocycles. The van der Waals surface area contributed by atoms with Crippen LogP contribution in [0.15, 0.2) is 41.4 Å². The van der Waals surface area contributed by atoms with Crippen molar-refractivity contribution >= 4 is 41.8 Å². The average molecular weight is 505 g/mol. The molecule has 3 aliphatic rings. The third-order valence-corrected chi connectivity index (χ3v) is 5.96. The van der Waals surface area contributed by atoms with E-state index >= 15 is 0 Å². The van der Waals surface area contributed by atoms with Gasteiger partial charge in [-0.15, -0.1) is 24.0 Å². The molecule has 8 heteroatoms. The predicted molar refractivity (Wildman–Crippen MR) is 119 cm³/mol. The summed E-state index contributed by atoms with van der Waals surface area (Å²) in [5.41, 5.74) is 1.65. The first-order chi connectivity index (χ1) is 13.6. The minimum absolute atomic E-state index is 0. The van der Waals surface area contributed by atoms with Crippen LogP contribution in [0, 0.1) is 35.0 Å². The molecule has 2 bridgehead atoms. The van der Waals surface area contributed by atoms with Crippen LogP contribution < -0.4 is 10.6 Å². The minimum atomic E-state index is -0.142. The summed E-state index contributed by atoms with van der Waals surface area (Å²) in [5, 5.41) is 15.2. The summed E-state index contributed by atoms with van der Waals surface area (Å²) in [4.78, 5) is 30.9. The SMILES string of the molecule is CN=C(NCCN1C(=O)C2C3C=CC(C3)C2C1=O)NCc1ccc(C#N)cc1.I. The van der Waals surface area contributed by atoms with Crippen LogP contribution in [-0.4, -0.2) is 42.8 Å². The summed E-state index contributed by atoms with van der Waals surface area (Å²) in [6.07, 6.45) is 5.16. The molecule has 2 amide bonds. The molecule has 4 unspecified atom stereocenters. The lowest BCUT2D eigenvalue weighted by atomic mass is 9.85. The smallest absolute Gasteiger partial charge is 0.233 e. The van der Waals surface area contributed by atoms with E-state index in [2.05, 4.69) is 33.8 Å². The molecule has 2 N–H and O–H groups in total. The second-order valence-electron chi connectivity index (χ2n) is 7.49. The highest BCUT2D eigenvalue weighted by molar-refractivity contribution is 14.0. The summed E-state index contributed by atoms with van der Waals surface area (Å²) in [5.74, 6) is 0.763. The van der Waals surface area contributed by atoms with Gasteiger partial charge in [-0.1, -0.05) is 24.3 Å². The van der Waals surface area contributed by atoms with Crippen LogP contribution in [0.5, 0.6) is 0 Å². The molecule has 1 saturated carbocycles. The highest BCUT2D eigenvalue weighted by atomic mass is 127. The zero-order valence-corrected chi connectivity index (χ0v) is 18.5. The third kappa shape index (κ3) is 4.01. The number of likely N-dealkylation sites (tertiary alicyclic amines) is 1. The van der Waals surface area contributed by atoms with Gasteiger partial charge < -0.3 is 10.6 Å². The van der Waals surface area contributed by atoms with Gasteiger partial charge in [0.2, 0.25) is 11.8 Å². The fourth-order valence-electron chi connectivity index (χ4n) is 4.57. The molecule has 4 atom stereocenters. The van der Waals surface area contributed by atoms with Crippen molar-refractivity contribution in [2.75, 3.05) is 20.1 Å². The van der Waals surface area contributed by atoms with E-state index < -0.39 is 0 Å². The minimum Gasteiger partial charge on any atom is -0.355 e. The fourth-order valence-corrected chi connectivity index (χ4v) is 4.57. The fraction of sp³-hybridized carbons (Fsp3) is 0.429. The molecule has 4 rings (SSSR count). The molecule has 7 nitrogen and oxygen atoms in total. The number of rotatable bonds is 5. The van der Waals surface area contributed by atoms with E-state index in [-0.39, 0.29) is 59.5 Å². The van der Waals surface area contributed by atoms with Crippen molar-refractivity contribution in [1.29, 1.82) is 5.26 Å². The van der Waals surface area contributed by atoms with Gasteiger partial charge >= 0.3 is 0 Å². The number of nitrogens with one attached hydrogen (secondary N) is 2. The van der Waals surface area contributed by atoms with E-state index in [4.69, 9.17) is 5.26 Å². The van der Waals surface area contributed by atoms with Gasteiger partial charge in [-0.3, -0.25) is 19.5 Å². The Bertz CT molecular complexity index is 859. The highest BCUT2D eigenvalue weighted by Gasteiger charge is 2.58. The number of hydrogen-bond acceptors (Lipinski definition) is 4. The molecule has 1 heterocycles. The van der Waals surface area contributed by atoms with Crippen molar-refractivity contribution < 1.29 is 9.59 Å². The summed E-state index contributed by atoms with van der Waals surface area (Å²) >= 11 is 0. The van der Waals surface area contributed by atoms with Crippen LogP contribution in [-0.2, 0) is 16.1 Å². The van der Waals surface area contributed by atoms with Gasteiger partial charge in [-0.25, -0.2) is 0 Å². The number of carbonyl (C=O) groups excluding carboxylic acids is 2. The number of imide groups is 1. The largest absolute Gasteiger partial charge is 0.355 e. The number of halogens is 1. The van der Waals surface area contributed by atoms with Gasteiger partial charge in [0.05, 0.1) is 23.5 Å². The lowest BCUT2D eigenvalue weighted by Gasteiger charge is -2.18. The van der Waals surface area contributed by atoms with Gasteiger partial charge in [0, 0.05) is 26.7 Å². The highest BCUT2D eigenvalue weighted by Crippen LogP contribution is 2.52. The Balaban J connectivity index is 0.00000240. The molecule has 1 aromatic carbocycles. The van der Waals surface area contributed by atoms with Gasteiger partial charge in [0.15, 0.2) is 5.96 Å². The Morgan fingerprint density at radius 1 is 1.14 bits per heavy atom. The van der Waals surface area contributed by atoms with Crippen molar-refractivity contribution in [1.82, 2.24) is 15.5 Å². The Kier molecular flexibility index (Phi) is 6.57. The van der Waals surface area contributed by atoms with Crippen LogP contribution in [0.2, 0.25) is 0 Å². The standard InChI is InChI=1S/C21H23N5O2.HI/c1-23-21(25-12-14-4-2-13(11-22)3-5-14)24-8-9-26-19(27)17-15-6-7-16(10-15)18(17)20(26)28;/h2-7,15-18H,8-10,12H2,1H3,(H2,23,24,25);1H. The van der Waals surface area contributed by atoms with E-state index in [0.29, 0.717) is 31.2 Å². The van der Waals surface area contributed by atoms with Gasteiger partial charge in [-0.05, 0) is 36.0 Å². The Morgan fingerprint density at radius 2 is 1.76 bits per heavy atom. The van der Waals surface area contributed by atoms with Crippen molar-refractivity contribution in [3.05, 3.63) is 47.5 Å². The molecule has 0 radical (unpaired) electrons. The number of nitriles is 1. The van der Waals surface area contributed by atoms with Crippen LogP contribution in [0.1, 0.15) is 17.5 Å². The Morgan fingerprint density at radius 3 is 2.31 bits per heavy atom. The number of hydrogen-bond donors (Lipinski definition) is 2. The topological polar surface area (TPSA) is 97.6 Å². The van der Waals surface area contributed by atoms with Crippen molar-refractivity contribution in [3.63, 3.8) is 0 Å². The lowest BCUT2D eigenvalue weighted by Crippen LogP contribution is -2.43. The second-order valence-corrected chi connectivity index (χ2v) is 7.49. The molecular weight excluding hydrogens is 481 g/mol. The van der Waals surface area contributed by atoms with Crippen LogP contribution in [0.4, 0.5) is 0 Å². The molecular formula is C21H24IN5O2. The first-order valence-corrected chi connectivity index (χ1v) is 9.59. The summed E-state index contributed by atoms with van der Waals surface area (Å²) in [6.45, 7) is 1.36. The maximum absolute atomic E-state index is 12.7. The van der Waals surface area contributed by atoms with Crippen LogP contribution in [0.25, 0.3) is 0 Å². The van der Waals surface area contributed by atoms with E-state index in [1.165, 1.54) is 4.90 Å². The number of benzene rings is 1. The number of guanidine groups is 1. The first-order valence-electron chi connectivity index (χ1n) is 9.59. The van der Waals surface area contributed by atoms with E-state index in [9.17, 15) is 9.59 Å². The number of allylic oxidation sites excluding steroid dienone is 2. The van der Waals surface area contributed by atoms with E-state index in [0.717, 1.165) is 12.0 Å². The molecule has 1 aliphatic heterocycles. The van der Waals surface area contributed by atoms with Gasteiger partial charge in [-0.2, -0.15) is 5.26 Å². The zero-order valence-electron chi connectivity index (χ0n) is 16.2. The Labute approximate surface area is 187 Å². The van der Waals surface area contributed by atoms with Crippen molar-refractivity contribution in [3.8, 4) is 6.07 Å². The number of carbonyl (C=O) groups is 2. The van der Waals surface area contributed by atoms with Crippen LogP contribution >= 0.6 is 24.0 Å². The summed E-state index contributed by atoms with van der Waals surface area (Å²) < 4.78 is 0. The average Bonchev–Trinajstić information content (AvgIpc) is 3.40. The summed E-state index contributed by atoms with van der Waals surface area (Å²) in [6, 6.07) is 9.43. The van der Waals surface area contributed by atoms with Crippen LogP contribution in [0.3, 0.4) is 0 Å². The number of amides is 2. The number of fused-ring (bicyclic) bond motifs is 5. The van der Waals surface area contributed by atoms with Gasteiger partial charge in [0.25, 0.3) is 0 Å². The molecule has 0 spiro atoms. The Hall–Kier alpha value is -2.41. The predicted octanol–water partition coefficient (Wildman–Crippen LogP) is 1.65. The normalized spacial score (nSPS) is 26.9. The molecule has 1 aromatic rings. The van der Waals surface area contributed by atoms with E-state index in [1.54, 1.807) is 19.2 Å². The number of aliphatic imine (C=N–C) groups is 1. The van der Waals surface area contributed by atoms with Crippen molar-refractivity contribution in [2.45, 2.75) is 13.0 Å². The van der Waals surface area contributed by atoms with Gasteiger partial charge in [0.1, 0.15) is 0 Å². The molecule has 152 valence electrons. The molecule has 29 heavy (non-hydrogen) atoms. The van der Waals surface area contributed by atoms with Crippen molar-refractivity contribution in [2.24, 2.45) is 28.7 Å². The maximum Gasteiger partial charge on any atom is 0.233 e. The molecule has 0 aromatic heterocycles. The quantitative estimate of drug-likeness (QED) is 0.209. The third-order valence-electron chi connectivity index (χ3n) is 5.96. The second kappa shape index (κ2) is 8.95. The lowest BCUT2D eigenvalue weighted by molar-refractivity contribution is -0.140. The number of nitrogens with zero attached hydrogens (tertiary/aromatic N) is 3. The maximum atomic E-state index is 12.7.